The number of aryl methyl sites for hydroxylation is 2. The fraction of sp³-hybridized carbons (Fsp3) is 0.167. The Morgan fingerprint density at radius 2 is 2.08 bits per heavy atom. The summed E-state index contributed by atoms with van der Waals surface area (Å²) in [4.78, 5) is 12.2. The van der Waals surface area contributed by atoms with Crippen molar-refractivity contribution < 1.29 is 13.6 Å². The Morgan fingerprint density at radius 1 is 1.27 bits per heavy atom. The number of anilines is 1. The number of carbonyl (C=O) groups excluding carboxylic acids is 1. The first-order valence-electron chi connectivity index (χ1n) is 7.86. The second-order valence-corrected chi connectivity index (χ2v) is 5.84. The van der Waals surface area contributed by atoms with E-state index in [0.717, 1.165) is 23.8 Å². The number of benzene rings is 1. The second-order valence-electron chi connectivity index (χ2n) is 5.84. The van der Waals surface area contributed by atoms with Gasteiger partial charge >= 0.3 is 0 Å². The summed E-state index contributed by atoms with van der Waals surface area (Å²) in [6.45, 7) is 1.77. The van der Waals surface area contributed by atoms with Crippen molar-refractivity contribution in [1.82, 2.24) is 19.6 Å². The van der Waals surface area contributed by atoms with Crippen molar-refractivity contribution in [3.8, 4) is 0 Å². The van der Waals surface area contributed by atoms with Crippen molar-refractivity contribution in [3.05, 3.63) is 71.2 Å². The van der Waals surface area contributed by atoms with Crippen molar-refractivity contribution in [1.29, 1.82) is 0 Å². The van der Waals surface area contributed by atoms with Crippen LogP contribution in [0.4, 0.5) is 14.6 Å². The second kappa shape index (κ2) is 7.30. The summed E-state index contributed by atoms with van der Waals surface area (Å²) in [7, 11) is 1.78. The van der Waals surface area contributed by atoms with Gasteiger partial charge in [0.2, 0.25) is 5.91 Å². The van der Waals surface area contributed by atoms with Gasteiger partial charge in [0.1, 0.15) is 17.5 Å². The Labute approximate surface area is 148 Å². The zero-order valence-corrected chi connectivity index (χ0v) is 14.3. The van der Waals surface area contributed by atoms with E-state index >= 15 is 0 Å². The normalized spacial score (nSPS) is 11.2. The highest BCUT2D eigenvalue weighted by Crippen LogP contribution is 2.18. The summed E-state index contributed by atoms with van der Waals surface area (Å²) in [5.74, 6) is -1.00. The summed E-state index contributed by atoms with van der Waals surface area (Å²) in [6.07, 6.45) is 7.96. The van der Waals surface area contributed by atoms with E-state index in [2.05, 4.69) is 15.5 Å². The van der Waals surface area contributed by atoms with E-state index in [0.29, 0.717) is 11.4 Å². The minimum absolute atomic E-state index is 0.000629. The number of rotatable bonds is 5. The van der Waals surface area contributed by atoms with Gasteiger partial charge in [-0.2, -0.15) is 10.2 Å². The smallest absolute Gasteiger partial charge is 0.249 e. The van der Waals surface area contributed by atoms with E-state index in [9.17, 15) is 13.6 Å². The topological polar surface area (TPSA) is 64.7 Å². The molecule has 1 aromatic carbocycles. The maximum absolute atomic E-state index is 13.9. The molecule has 26 heavy (non-hydrogen) atoms. The molecule has 134 valence electrons. The molecular formula is C18H17F2N5O. The number of amides is 1. The van der Waals surface area contributed by atoms with Gasteiger partial charge in [-0.25, -0.2) is 13.5 Å². The van der Waals surface area contributed by atoms with Gasteiger partial charge in [0.05, 0.1) is 18.9 Å². The van der Waals surface area contributed by atoms with Crippen LogP contribution in [0.1, 0.15) is 16.7 Å². The van der Waals surface area contributed by atoms with Crippen LogP contribution in [0.25, 0.3) is 6.08 Å². The average Bonchev–Trinajstić information content (AvgIpc) is 3.16. The number of nitrogens with one attached hydrogen (secondary N) is 1. The SMILES string of the molecule is Cc1cnn(Cc2cc(F)ccc2F)c1NC(=O)/C=C/c1cnn(C)c1. The summed E-state index contributed by atoms with van der Waals surface area (Å²) in [5, 5.41) is 10.9. The molecule has 3 aromatic rings. The minimum Gasteiger partial charge on any atom is -0.307 e. The fourth-order valence-corrected chi connectivity index (χ4v) is 2.44. The van der Waals surface area contributed by atoms with Crippen LogP contribution in [0, 0.1) is 18.6 Å². The largest absolute Gasteiger partial charge is 0.307 e. The van der Waals surface area contributed by atoms with E-state index < -0.39 is 11.6 Å². The Kier molecular flexibility index (Phi) is 4.92. The maximum Gasteiger partial charge on any atom is 0.249 e. The molecule has 0 unspecified atom stereocenters. The van der Waals surface area contributed by atoms with Crippen LogP contribution in [0.3, 0.4) is 0 Å². The molecule has 0 spiro atoms. The van der Waals surface area contributed by atoms with Gasteiger partial charge < -0.3 is 5.32 Å². The maximum atomic E-state index is 13.9. The zero-order chi connectivity index (χ0) is 18.7. The molecule has 2 heterocycles. The molecule has 0 aliphatic rings. The van der Waals surface area contributed by atoms with Crippen molar-refractivity contribution in [3.63, 3.8) is 0 Å². The third kappa shape index (κ3) is 4.02. The number of aromatic nitrogens is 4. The van der Waals surface area contributed by atoms with E-state index in [4.69, 9.17) is 0 Å². The third-order valence-corrected chi connectivity index (χ3v) is 3.74. The lowest BCUT2D eigenvalue weighted by molar-refractivity contribution is -0.111. The predicted octanol–water partition coefficient (Wildman–Crippen LogP) is 2.90. The quantitative estimate of drug-likeness (QED) is 0.714. The van der Waals surface area contributed by atoms with E-state index in [1.165, 1.54) is 10.8 Å². The first-order chi connectivity index (χ1) is 12.4. The van der Waals surface area contributed by atoms with Gasteiger partial charge in [-0.05, 0) is 31.2 Å². The number of hydrogen-bond donors (Lipinski definition) is 1. The van der Waals surface area contributed by atoms with Crippen LogP contribution in [0.15, 0.2) is 42.9 Å². The highest BCUT2D eigenvalue weighted by Gasteiger charge is 2.12. The Morgan fingerprint density at radius 3 is 2.81 bits per heavy atom. The van der Waals surface area contributed by atoms with Crippen LogP contribution in [0.2, 0.25) is 0 Å². The molecule has 0 atom stereocenters. The molecule has 0 aliphatic carbocycles. The van der Waals surface area contributed by atoms with Crippen LogP contribution in [-0.4, -0.2) is 25.5 Å². The molecular weight excluding hydrogens is 340 g/mol. The van der Waals surface area contributed by atoms with Gasteiger partial charge in [0, 0.05) is 36.0 Å². The van der Waals surface area contributed by atoms with Crippen molar-refractivity contribution >= 4 is 17.8 Å². The van der Waals surface area contributed by atoms with Gasteiger partial charge in [0.15, 0.2) is 0 Å². The lowest BCUT2D eigenvalue weighted by Gasteiger charge is -2.10. The van der Waals surface area contributed by atoms with Crippen molar-refractivity contribution in [2.45, 2.75) is 13.5 Å². The summed E-state index contributed by atoms with van der Waals surface area (Å²) in [5.41, 5.74) is 1.65. The lowest BCUT2D eigenvalue weighted by Crippen LogP contribution is -2.15. The molecule has 3 rings (SSSR count). The molecule has 0 radical (unpaired) electrons. The van der Waals surface area contributed by atoms with E-state index in [-0.39, 0.29) is 18.0 Å². The van der Waals surface area contributed by atoms with Crippen LogP contribution in [0.5, 0.6) is 0 Å². The molecule has 0 saturated heterocycles. The predicted molar refractivity (Wildman–Crippen MR) is 93.3 cm³/mol. The van der Waals surface area contributed by atoms with E-state index in [1.807, 2.05) is 0 Å². The van der Waals surface area contributed by atoms with Gasteiger partial charge in [-0.3, -0.25) is 9.48 Å². The third-order valence-electron chi connectivity index (χ3n) is 3.74. The summed E-state index contributed by atoms with van der Waals surface area (Å²) in [6, 6.07) is 3.23. The molecule has 1 N–H and O–H groups in total. The Bertz CT molecular complexity index is 974. The lowest BCUT2D eigenvalue weighted by atomic mass is 10.2. The number of hydrogen-bond acceptors (Lipinski definition) is 3. The highest BCUT2D eigenvalue weighted by atomic mass is 19.1. The molecule has 0 fully saturated rings. The number of nitrogens with zero attached hydrogens (tertiary/aromatic N) is 4. The Hall–Kier alpha value is -3.29. The average molecular weight is 357 g/mol. The number of halogens is 2. The fourth-order valence-electron chi connectivity index (χ4n) is 2.44. The van der Waals surface area contributed by atoms with Gasteiger partial charge in [-0.1, -0.05) is 0 Å². The summed E-state index contributed by atoms with van der Waals surface area (Å²) >= 11 is 0. The minimum atomic E-state index is -0.534. The van der Waals surface area contributed by atoms with Gasteiger partial charge in [0.25, 0.3) is 0 Å². The standard InChI is InChI=1S/C18H17F2N5O/c1-12-8-22-25(11-14-7-15(19)4-5-16(14)20)18(12)23-17(26)6-3-13-9-21-24(2)10-13/h3-10H,11H2,1-2H3,(H,23,26)/b6-3+. The van der Waals surface area contributed by atoms with Gasteiger partial charge in [-0.15, -0.1) is 0 Å². The first-order valence-corrected chi connectivity index (χ1v) is 7.86. The number of carbonyl (C=O) groups is 1. The van der Waals surface area contributed by atoms with E-state index in [1.54, 1.807) is 43.3 Å². The zero-order valence-electron chi connectivity index (χ0n) is 14.3. The monoisotopic (exact) mass is 357 g/mol. The molecule has 0 bridgehead atoms. The summed E-state index contributed by atoms with van der Waals surface area (Å²) < 4.78 is 30.2. The molecule has 0 aliphatic heterocycles. The molecule has 8 heteroatoms. The first kappa shape index (κ1) is 17.5. The van der Waals surface area contributed by atoms with Crippen LogP contribution in [-0.2, 0) is 18.4 Å². The van der Waals surface area contributed by atoms with Crippen molar-refractivity contribution in [2.75, 3.05) is 5.32 Å². The van der Waals surface area contributed by atoms with Crippen LogP contribution < -0.4 is 5.32 Å². The molecule has 1 amide bonds. The van der Waals surface area contributed by atoms with Crippen LogP contribution >= 0.6 is 0 Å². The Balaban J connectivity index is 1.76. The highest BCUT2D eigenvalue weighted by molar-refractivity contribution is 6.01. The molecule has 0 saturated carbocycles. The molecule has 6 nitrogen and oxygen atoms in total. The molecule has 2 aromatic heterocycles. The van der Waals surface area contributed by atoms with Crippen molar-refractivity contribution in [2.24, 2.45) is 7.05 Å².